The van der Waals surface area contributed by atoms with Gasteiger partial charge in [0.2, 0.25) is 0 Å². The molecule has 0 aliphatic heterocycles. The third-order valence-electron chi connectivity index (χ3n) is 2.63. The lowest BCUT2D eigenvalue weighted by atomic mass is 10.2. The zero-order chi connectivity index (χ0) is 13.7. The van der Waals surface area contributed by atoms with Gasteiger partial charge < -0.3 is 5.32 Å². The van der Waals surface area contributed by atoms with Crippen LogP contribution in [0.25, 0.3) is 0 Å². The van der Waals surface area contributed by atoms with Gasteiger partial charge in [-0.15, -0.1) is 0 Å². The third-order valence-corrected chi connectivity index (χ3v) is 3.60. The smallest absolute Gasteiger partial charge is 0.134 e. The van der Waals surface area contributed by atoms with Crippen LogP contribution in [-0.4, -0.2) is 9.97 Å². The summed E-state index contributed by atoms with van der Waals surface area (Å²) in [6.07, 6.45) is 1.84. The maximum absolute atomic E-state index is 6.00. The molecule has 1 aromatic carbocycles. The first-order valence-electron chi connectivity index (χ1n) is 6.19. The highest BCUT2D eigenvalue weighted by molar-refractivity contribution is 9.10. The lowest BCUT2D eigenvalue weighted by Gasteiger charge is -2.09. The Morgan fingerprint density at radius 2 is 2.05 bits per heavy atom. The van der Waals surface area contributed by atoms with Crippen LogP contribution in [0.15, 0.2) is 34.8 Å². The summed E-state index contributed by atoms with van der Waals surface area (Å²) < 4.78 is 1.08. The fourth-order valence-electron chi connectivity index (χ4n) is 1.72. The summed E-state index contributed by atoms with van der Waals surface area (Å²) in [6, 6.07) is 9.84. The molecule has 0 bridgehead atoms. The fourth-order valence-corrected chi connectivity index (χ4v) is 2.34. The van der Waals surface area contributed by atoms with Crippen LogP contribution in [0.1, 0.15) is 24.7 Å². The first kappa shape index (κ1) is 14.3. The molecule has 100 valence electrons. The number of nitrogens with zero attached hydrogens (tertiary/aromatic N) is 2. The van der Waals surface area contributed by atoms with Crippen LogP contribution in [0.4, 0.5) is 5.82 Å². The van der Waals surface area contributed by atoms with Crippen molar-refractivity contribution in [3.8, 4) is 0 Å². The minimum absolute atomic E-state index is 0.480. The zero-order valence-corrected chi connectivity index (χ0v) is 13.0. The van der Waals surface area contributed by atoms with E-state index in [-0.39, 0.29) is 0 Å². The van der Waals surface area contributed by atoms with Crippen LogP contribution in [-0.2, 0) is 13.0 Å². The molecule has 0 fully saturated rings. The number of benzene rings is 1. The van der Waals surface area contributed by atoms with Crippen molar-refractivity contribution >= 4 is 33.3 Å². The second-order valence-electron chi connectivity index (χ2n) is 4.19. The monoisotopic (exact) mass is 339 g/mol. The summed E-state index contributed by atoms with van der Waals surface area (Å²) >= 11 is 9.52. The van der Waals surface area contributed by atoms with Crippen molar-refractivity contribution in [3.63, 3.8) is 0 Å². The van der Waals surface area contributed by atoms with Gasteiger partial charge in [0, 0.05) is 23.5 Å². The SMILES string of the molecule is CCCc1nc(Cl)cc(NCc2ccccc2Br)n1. The van der Waals surface area contributed by atoms with Crippen LogP contribution in [0.2, 0.25) is 5.15 Å². The number of hydrogen-bond acceptors (Lipinski definition) is 3. The second-order valence-corrected chi connectivity index (χ2v) is 5.43. The molecule has 3 nitrogen and oxygen atoms in total. The van der Waals surface area contributed by atoms with E-state index < -0.39 is 0 Å². The third kappa shape index (κ3) is 4.18. The van der Waals surface area contributed by atoms with E-state index in [0.717, 1.165) is 29.0 Å². The Bertz CT molecular complexity index is 560. The number of aryl methyl sites for hydroxylation is 1. The minimum atomic E-state index is 0.480. The largest absolute Gasteiger partial charge is 0.366 e. The van der Waals surface area contributed by atoms with Crippen LogP contribution >= 0.6 is 27.5 Å². The van der Waals surface area contributed by atoms with Gasteiger partial charge in [0.1, 0.15) is 16.8 Å². The molecule has 5 heteroatoms. The highest BCUT2D eigenvalue weighted by atomic mass is 79.9. The molecule has 0 aliphatic carbocycles. The molecular formula is C14H15BrClN3. The highest BCUT2D eigenvalue weighted by Crippen LogP contribution is 2.18. The molecular weight excluding hydrogens is 326 g/mol. The maximum Gasteiger partial charge on any atom is 0.134 e. The van der Waals surface area contributed by atoms with Crippen LogP contribution < -0.4 is 5.32 Å². The van der Waals surface area contributed by atoms with Gasteiger partial charge >= 0.3 is 0 Å². The molecule has 1 N–H and O–H groups in total. The van der Waals surface area contributed by atoms with Crippen LogP contribution in [0.3, 0.4) is 0 Å². The number of hydrogen-bond donors (Lipinski definition) is 1. The molecule has 0 saturated carbocycles. The van der Waals surface area contributed by atoms with Gasteiger partial charge in [-0.3, -0.25) is 0 Å². The second kappa shape index (κ2) is 6.87. The Hall–Kier alpha value is -1.13. The molecule has 19 heavy (non-hydrogen) atoms. The molecule has 0 saturated heterocycles. The van der Waals surface area contributed by atoms with Crippen molar-refractivity contribution in [2.75, 3.05) is 5.32 Å². The van der Waals surface area contributed by atoms with Crippen molar-refractivity contribution in [1.82, 2.24) is 9.97 Å². The standard InChI is InChI=1S/C14H15BrClN3/c1-2-5-13-18-12(16)8-14(19-13)17-9-10-6-3-4-7-11(10)15/h3-4,6-8H,2,5,9H2,1H3,(H,17,18,19). The average molecular weight is 341 g/mol. The maximum atomic E-state index is 6.00. The lowest BCUT2D eigenvalue weighted by Crippen LogP contribution is -2.05. The highest BCUT2D eigenvalue weighted by Gasteiger charge is 2.04. The average Bonchev–Trinajstić information content (AvgIpc) is 2.37. The van der Waals surface area contributed by atoms with E-state index >= 15 is 0 Å². The van der Waals surface area contributed by atoms with Gasteiger partial charge in [-0.1, -0.05) is 52.7 Å². The quantitative estimate of drug-likeness (QED) is 0.817. The van der Waals surface area contributed by atoms with Crippen molar-refractivity contribution in [1.29, 1.82) is 0 Å². The van der Waals surface area contributed by atoms with Crippen molar-refractivity contribution in [2.45, 2.75) is 26.3 Å². The van der Waals surface area contributed by atoms with E-state index in [2.05, 4.69) is 44.2 Å². The van der Waals surface area contributed by atoms with Crippen molar-refractivity contribution in [2.24, 2.45) is 0 Å². The first-order chi connectivity index (χ1) is 9.19. The molecule has 0 unspecified atom stereocenters. The number of aromatic nitrogens is 2. The predicted octanol–water partition coefficient (Wildman–Crippen LogP) is 4.46. The van der Waals surface area contributed by atoms with E-state index in [9.17, 15) is 0 Å². The van der Waals surface area contributed by atoms with E-state index in [0.29, 0.717) is 11.7 Å². The molecule has 0 radical (unpaired) electrons. The zero-order valence-electron chi connectivity index (χ0n) is 10.7. The van der Waals surface area contributed by atoms with Crippen LogP contribution in [0, 0.1) is 0 Å². The molecule has 2 aromatic rings. The number of halogens is 2. The van der Waals surface area contributed by atoms with Gasteiger partial charge in [-0.25, -0.2) is 9.97 Å². The van der Waals surface area contributed by atoms with Crippen molar-refractivity contribution in [3.05, 3.63) is 51.3 Å². The summed E-state index contributed by atoms with van der Waals surface area (Å²) in [5.41, 5.74) is 1.18. The minimum Gasteiger partial charge on any atom is -0.366 e. The van der Waals surface area contributed by atoms with Gasteiger partial charge in [0.15, 0.2) is 0 Å². The van der Waals surface area contributed by atoms with E-state index in [1.54, 1.807) is 6.07 Å². The summed E-state index contributed by atoms with van der Waals surface area (Å²) in [5.74, 6) is 1.55. The molecule has 1 aromatic heterocycles. The summed E-state index contributed by atoms with van der Waals surface area (Å²) in [5, 5.41) is 3.76. The van der Waals surface area contributed by atoms with Gasteiger partial charge in [-0.05, 0) is 18.1 Å². The van der Waals surface area contributed by atoms with Gasteiger partial charge in [-0.2, -0.15) is 0 Å². The Morgan fingerprint density at radius 3 is 2.79 bits per heavy atom. The van der Waals surface area contributed by atoms with E-state index in [4.69, 9.17) is 11.6 Å². The Morgan fingerprint density at radius 1 is 1.26 bits per heavy atom. The Labute approximate surface area is 126 Å². The Kier molecular flexibility index (Phi) is 5.16. The molecule has 2 rings (SSSR count). The molecule has 1 heterocycles. The molecule has 0 amide bonds. The van der Waals surface area contributed by atoms with E-state index in [1.165, 1.54) is 5.56 Å². The molecule has 0 atom stereocenters. The van der Waals surface area contributed by atoms with Crippen molar-refractivity contribution < 1.29 is 0 Å². The molecule has 0 aliphatic rings. The first-order valence-corrected chi connectivity index (χ1v) is 7.37. The topological polar surface area (TPSA) is 37.8 Å². The lowest BCUT2D eigenvalue weighted by molar-refractivity contribution is 0.834. The normalized spacial score (nSPS) is 10.5. The summed E-state index contributed by atoms with van der Waals surface area (Å²) in [4.78, 5) is 8.65. The number of anilines is 1. The molecule has 0 spiro atoms. The van der Waals surface area contributed by atoms with Gasteiger partial charge in [0.05, 0.1) is 0 Å². The van der Waals surface area contributed by atoms with Crippen LogP contribution in [0.5, 0.6) is 0 Å². The predicted molar refractivity (Wildman–Crippen MR) is 82.5 cm³/mol. The van der Waals surface area contributed by atoms with E-state index in [1.807, 2.05) is 18.2 Å². The summed E-state index contributed by atoms with van der Waals surface area (Å²) in [7, 11) is 0. The summed E-state index contributed by atoms with van der Waals surface area (Å²) in [6.45, 7) is 2.79. The number of rotatable bonds is 5. The number of nitrogens with one attached hydrogen (secondary N) is 1. The fraction of sp³-hybridized carbons (Fsp3) is 0.286. The van der Waals surface area contributed by atoms with Gasteiger partial charge in [0.25, 0.3) is 0 Å². The Balaban J connectivity index is 2.09.